The van der Waals surface area contributed by atoms with Crippen molar-refractivity contribution in [2.45, 2.75) is 24.9 Å². The molecule has 24 heavy (non-hydrogen) atoms. The fraction of sp³-hybridized carbons (Fsp3) is 0.545. The van der Waals surface area contributed by atoms with Crippen molar-refractivity contribution in [3.63, 3.8) is 0 Å². The number of halogens is 1. The van der Waals surface area contributed by atoms with E-state index in [2.05, 4.69) is 25.4 Å². The zero-order valence-corrected chi connectivity index (χ0v) is 14.5. The maximum absolute atomic E-state index is 11.8. The summed E-state index contributed by atoms with van der Waals surface area (Å²) in [6.45, 7) is -0.530. The van der Waals surface area contributed by atoms with Gasteiger partial charge >= 0.3 is 19.3 Å². The van der Waals surface area contributed by atoms with Crippen molar-refractivity contribution < 1.29 is 33.7 Å². The Bertz CT molecular complexity index is 790. The molecule has 0 saturated carbocycles. The van der Waals surface area contributed by atoms with E-state index in [0.29, 0.717) is 0 Å². The lowest BCUT2D eigenvalue weighted by Gasteiger charge is -2.17. The summed E-state index contributed by atoms with van der Waals surface area (Å²) in [5, 5.41) is 18.4. The molecule has 11 nitrogen and oxygen atoms in total. The molecule has 0 aliphatic carbocycles. The largest absolute Gasteiger partial charge is 0.481 e. The van der Waals surface area contributed by atoms with E-state index in [9.17, 15) is 28.9 Å². The van der Waals surface area contributed by atoms with Crippen molar-refractivity contribution >= 4 is 29.5 Å². The first-order valence-electron chi connectivity index (χ1n) is 6.61. The van der Waals surface area contributed by atoms with Gasteiger partial charge in [0.15, 0.2) is 0 Å². The Morgan fingerprint density at radius 1 is 1.54 bits per heavy atom. The van der Waals surface area contributed by atoms with E-state index in [1.807, 2.05) is 0 Å². The van der Waals surface area contributed by atoms with Crippen LogP contribution in [0.25, 0.3) is 0 Å². The monoisotopic (exact) mass is 428 g/mol. The molecule has 0 bridgehead atoms. The molecule has 4 atom stereocenters. The summed E-state index contributed by atoms with van der Waals surface area (Å²) in [6, 6.07) is 0. The van der Waals surface area contributed by atoms with Crippen LogP contribution in [0, 0.1) is 0 Å². The Labute approximate surface area is 142 Å². The van der Waals surface area contributed by atoms with Crippen molar-refractivity contribution in [2.75, 3.05) is 12.8 Å². The van der Waals surface area contributed by atoms with Crippen LogP contribution >= 0.6 is 23.5 Å². The molecular weight excluding hydrogens is 415 g/mol. The van der Waals surface area contributed by atoms with Gasteiger partial charge in [-0.05, 0) is 15.9 Å². The highest BCUT2D eigenvalue weighted by molar-refractivity contribution is 9.10. The third kappa shape index (κ3) is 4.62. The van der Waals surface area contributed by atoms with Crippen LogP contribution in [0.1, 0.15) is 12.6 Å². The second kappa shape index (κ2) is 7.30. The third-order valence-electron chi connectivity index (χ3n) is 3.21. The molecule has 1 fully saturated rings. The molecule has 1 saturated heterocycles. The van der Waals surface area contributed by atoms with Crippen LogP contribution in [0.5, 0.6) is 0 Å². The summed E-state index contributed by atoms with van der Waals surface area (Å²) in [6.07, 6.45) is -2.98. The van der Waals surface area contributed by atoms with E-state index in [0.717, 1.165) is 4.57 Å². The molecule has 1 aromatic heterocycles. The number of aromatic amines is 1. The van der Waals surface area contributed by atoms with Gasteiger partial charge in [0.25, 0.3) is 5.56 Å². The van der Waals surface area contributed by atoms with Crippen molar-refractivity contribution in [3.8, 4) is 0 Å². The number of hydrogen-bond donors (Lipinski definition) is 4. The minimum atomic E-state index is -4.36. The van der Waals surface area contributed by atoms with Crippen LogP contribution in [-0.4, -0.2) is 55.6 Å². The molecule has 134 valence electrons. The molecular formula is C11H14BrN2O9P. The van der Waals surface area contributed by atoms with Gasteiger partial charge in [-0.1, -0.05) is 0 Å². The van der Waals surface area contributed by atoms with Crippen LogP contribution in [-0.2, 0) is 18.6 Å². The van der Waals surface area contributed by atoms with E-state index in [-0.39, 0.29) is 10.9 Å². The molecule has 2 rings (SSSR count). The van der Waals surface area contributed by atoms with Gasteiger partial charge in [-0.2, -0.15) is 0 Å². The highest BCUT2D eigenvalue weighted by Gasteiger charge is 2.37. The molecule has 2 heterocycles. The minimum Gasteiger partial charge on any atom is -0.481 e. The van der Waals surface area contributed by atoms with Crippen molar-refractivity contribution in [1.82, 2.24) is 9.55 Å². The first-order valence-corrected chi connectivity index (χ1v) is 9.17. The summed E-state index contributed by atoms with van der Waals surface area (Å²) in [5.41, 5.74) is -1.37. The highest BCUT2D eigenvalue weighted by atomic mass is 79.9. The summed E-state index contributed by atoms with van der Waals surface area (Å²) < 4.78 is 22.7. The van der Waals surface area contributed by atoms with Gasteiger partial charge in [0.2, 0.25) is 0 Å². The standard InChI is InChI=1S/C11H14BrN2O9P/c12-5-2-14(11(19)13-10(5)18)8-1-6(15)7(23-8)3-22-24(20,21)4-9(16)17/h2,6-8,15H,1,3-4H2,(H,16,17)(H,20,21)(H,13,18,19). The lowest BCUT2D eigenvalue weighted by Crippen LogP contribution is -2.32. The molecule has 4 unspecified atom stereocenters. The fourth-order valence-corrected chi connectivity index (χ4v) is 3.25. The number of carboxylic acids is 1. The topological polar surface area (TPSA) is 168 Å². The number of aliphatic hydroxyl groups is 1. The number of rotatable bonds is 6. The minimum absolute atomic E-state index is 0.0267. The molecule has 13 heteroatoms. The van der Waals surface area contributed by atoms with Crippen LogP contribution in [0.4, 0.5) is 0 Å². The normalized spacial score (nSPS) is 26.2. The van der Waals surface area contributed by atoms with Crippen molar-refractivity contribution in [3.05, 3.63) is 31.5 Å². The number of aromatic nitrogens is 2. The van der Waals surface area contributed by atoms with Crippen LogP contribution in [0.15, 0.2) is 20.3 Å². The molecule has 0 radical (unpaired) electrons. The maximum atomic E-state index is 11.8. The lowest BCUT2D eigenvalue weighted by molar-refractivity contribution is -0.134. The van der Waals surface area contributed by atoms with Gasteiger partial charge in [0.05, 0.1) is 17.2 Å². The van der Waals surface area contributed by atoms with E-state index in [4.69, 9.17) is 9.84 Å². The third-order valence-corrected chi connectivity index (χ3v) is 5.00. The number of hydrogen-bond acceptors (Lipinski definition) is 7. The van der Waals surface area contributed by atoms with Crippen LogP contribution in [0.2, 0.25) is 0 Å². The Morgan fingerprint density at radius 3 is 2.83 bits per heavy atom. The van der Waals surface area contributed by atoms with Crippen LogP contribution in [0.3, 0.4) is 0 Å². The Kier molecular flexibility index (Phi) is 5.78. The Morgan fingerprint density at radius 2 is 2.21 bits per heavy atom. The number of ether oxygens (including phenoxy) is 1. The highest BCUT2D eigenvalue weighted by Crippen LogP contribution is 2.42. The number of nitrogens with one attached hydrogen (secondary N) is 1. The maximum Gasteiger partial charge on any atom is 0.339 e. The second-order valence-electron chi connectivity index (χ2n) is 5.06. The zero-order chi connectivity index (χ0) is 18.1. The van der Waals surface area contributed by atoms with Gasteiger partial charge < -0.3 is 24.4 Å². The summed E-state index contributed by atoms with van der Waals surface area (Å²) >= 11 is 2.97. The molecule has 1 aliphatic rings. The second-order valence-corrected chi connectivity index (χ2v) is 7.76. The average molecular weight is 429 g/mol. The van der Waals surface area contributed by atoms with E-state index < -0.39 is 56.0 Å². The zero-order valence-electron chi connectivity index (χ0n) is 12.0. The number of aliphatic carboxylic acids is 1. The summed E-state index contributed by atoms with van der Waals surface area (Å²) in [7, 11) is -4.36. The molecule has 0 aromatic carbocycles. The molecule has 0 amide bonds. The van der Waals surface area contributed by atoms with Gasteiger partial charge in [0, 0.05) is 12.6 Å². The molecule has 0 spiro atoms. The molecule has 1 aromatic rings. The number of H-pyrrole nitrogens is 1. The lowest BCUT2D eigenvalue weighted by atomic mass is 10.2. The average Bonchev–Trinajstić information content (AvgIpc) is 2.80. The first-order chi connectivity index (χ1) is 11.1. The summed E-state index contributed by atoms with van der Waals surface area (Å²) in [4.78, 5) is 44.9. The van der Waals surface area contributed by atoms with Gasteiger partial charge in [-0.25, -0.2) is 4.79 Å². The van der Waals surface area contributed by atoms with Gasteiger partial charge in [-0.3, -0.25) is 23.7 Å². The number of carboxylic acid groups (broad SMARTS) is 1. The predicted molar refractivity (Wildman–Crippen MR) is 81.8 cm³/mol. The predicted octanol–water partition coefficient (Wildman–Crippen LogP) is -0.766. The quantitative estimate of drug-likeness (QED) is 0.425. The SMILES string of the molecule is O=C(O)CP(=O)(O)OCC1OC(n2cc(Br)c(=O)[nH]c2=O)CC1O. The molecule has 1 aliphatic heterocycles. The number of nitrogens with zero attached hydrogens (tertiary/aromatic N) is 1. The van der Waals surface area contributed by atoms with Crippen molar-refractivity contribution in [1.29, 1.82) is 0 Å². The molecule has 4 N–H and O–H groups in total. The van der Waals surface area contributed by atoms with E-state index >= 15 is 0 Å². The smallest absolute Gasteiger partial charge is 0.339 e. The van der Waals surface area contributed by atoms with E-state index in [1.54, 1.807) is 0 Å². The fourth-order valence-electron chi connectivity index (χ4n) is 2.12. The number of carbonyl (C=O) groups is 1. The van der Waals surface area contributed by atoms with Gasteiger partial charge in [-0.15, -0.1) is 0 Å². The van der Waals surface area contributed by atoms with Crippen molar-refractivity contribution in [2.24, 2.45) is 0 Å². The Hall–Kier alpha value is -1.30. The van der Waals surface area contributed by atoms with Gasteiger partial charge in [0.1, 0.15) is 18.5 Å². The Balaban J connectivity index is 2.06. The number of aliphatic hydroxyl groups excluding tert-OH is 1. The van der Waals surface area contributed by atoms with Crippen LogP contribution < -0.4 is 11.2 Å². The first kappa shape index (κ1) is 19.0. The summed E-state index contributed by atoms with van der Waals surface area (Å²) in [5.74, 6) is -1.50. The van der Waals surface area contributed by atoms with E-state index in [1.165, 1.54) is 6.20 Å².